The molecule has 0 unspecified atom stereocenters. The highest BCUT2D eigenvalue weighted by atomic mass is 16.5. The third-order valence-corrected chi connectivity index (χ3v) is 2.90. The van der Waals surface area contributed by atoms with E-state index in [1.807, 2.05) is 30.3 Å². The van der Waals surface area contributed by atoms with Gasteiger partial charge in [-0.05, 0) is 24.6 Å². The van der Waals surface area contributed by atoms with Gasteiger partial charge < -0.3 is 15.4 Å². The van der Waals surface area contributed by atoms with Crippen LogP contribution in [0.4, 0.5) is 11.5 Å². The van der Waals surface area contributed by atoms with Crippen molar-refractivity contribution in [3.05, 3.63) is 42.2 Å². The fourth-order valence-corrected chi connectivity index (χ4v) is 1.81. The number of ether oxygens (including phenoxy) is 1. The molecule has 0 aliphatic heterocycles. The van der Waals surface area contributed by atoms with Crippen LogP contribution in [0.5, 0.6) is 5.88 Å². The molecule has 0 fully saturated rings. The summed E-state index contributed by atoms with van der Waals surface area (Å²) in [5.41, 5.74) is 7.65. The van der Waals surface area contributed by atoms with Gasteiger partial charge in [-0.1, -0.05) is 12.1 Å². The van der Waals surface area contributed by atoms with Crippen LogP contribution in [0.3, 0.4) is 0 Å². The maximum Gasteiger partial charge on any atom is 0.218 e. The molecule has 0 saturated heterocycles. The van der Waals surface area contributed by atoms with Crippen LogP contribution in [0.1, 0.15) is 12.5 Å². The lowest BCUT2D eigenvalue weighted by atomic mass is 10.2. The Hall–Kier alpha value is -2.30. The molecule has 2 rings (SSSR count). The molecule has 0 bridgehead atoms. The van der Waals surface area contributed by atoms with Gasteiger partial charge in [0.05, 0.1) is 7.11 Å². The van der Waals surface area contributed by atoms with Gasteiger partial charge in [0.15, 0.2) is 0 Å². The molecule has 0 saturated carbocycles. The summed E-state index contributed by atoms with van der Waals surface area (Å²) in [6.07, 6.45) is 1.51. The van der Waals surface area contributed by atoms with Crippen molar-refractivity contribution in [3.63, 3.8) is 0 Å². The first-order valence-electron chi connectivity index (χ1n) is 6.18. The number of methoxy groups -OCH3 is 1. The van der Waals surface area contributed by atoms with E-state index < -0.39 is 0 Å². The zero-order valence-electron chi connectivity index (χ0n) is 11.2. The van der Waals surface area contributed by atoms with Crippen LogP contribution in [-0.4, -0.2) is 23.6 Å². The summed E-state index contributed by atoms with van der Waals surface area (Å²) < 4.78 is 5.12. The van der Waals surface area contributed by atoms with Gasteiger partial charge in [0, 0.05) is 24.8 Å². The average molecular weight is 258 g/mol. The molecule has 5 nitrogen and oxygen atoms in total. The molecule has 0 atom stereocenters. The second-order valence-electron chi connectivity index (χ2n) is 4.17. The van der Waals surface area contributed by atoms with Crippen LogP contribution >= 0.6 is 0 Å². The second-order valence-corrected chi connectivity index (χ2v) is 4.17. The normalized spacial score (nSPS) is 10.2. The molecule has 1 aromatic carbocycles. The lowest BCUT2D eigenvalue weighted by Crippen LogP contribution is -2.23. The summed E-state index contributed by atoms with van der Waals surface area (Å²) in [7, 11) is 1.60. The quantitative estimate of drug-likeness (QED) is 0.832. The first-order valence-corrected chi connectivity index (χ1v) is 6.18. The van der Waals surface area contributed by atoms with Crippen molar-refractivity contribution in [2.24, 2.45) is 0 Å². The fourth-order valence-electron chi connectivity index (χ4n) is 1.81. The smallest absolute Gasteiger partial charge is 0.218 e. The number of nitrogen functional groups attached to an aromatic ring is 1. The fraction of sp³-hybridized carbons (Fsp3) is 0.286. The van der Waals surface area contributed by atoms with Crippen molar-refractivity contribution in [2.45, 2.75) is 13.5 Å². The third kappa shape index (κ3) is 3.34. The number of benzene rings is 1. The minimum Gasteiger partial charge on any atom is -0.481 e. The Morgan fingerprint density at radius 2 is 1.95 bits per heavy atom. The van der Waals surface area contributed by atoms with E-state index in [1.54, 1.807) is 7.11 Å². The molecular formula is C14H18N4O. The predicted molar refractivity (Wildman–Crippen MR) is 76.2 cm³/mol. The third-order valence-electron chi connectivity index (χ3n) is 2.90. The molecule has 0 radical (unpaired) electrons. The second kappa shape index (κ2) is 6.04. The van der Waals surface area contributed by atoms with E-state index in [4.69, 9.17) is 10.5 Å². The van der Waals surface area contributed by atoms with E-state index >= 15 is 0 Å². The highest BCUT2D eigenvalue weighted by Crippen LogP contribution is 2.18. The van der Waals surface area contributed by atoms with E-state index in [1.165, 1.54) is 11.9 Å². The van der Waals surface area contributed by atoms with E-state index in [-0.39, 0.29) is 0 Å². The summed E-state index contributed by atoms with van der Waals surface area (Å²) >= 11 is 0. The molecule has 0 aliphatic rings. The van der Waals surface area contributed by atoms with Gasteiger partial charge in [-0.25, -0.2) is 9.97 Å². The average Bonchev–Trinajstić information content (AvgIpc) is 2.46. The van der Waals surface area contributed by atoms with Crippen molar-refractivity contribution >= 4 is 11.5 Å². The van der Waals surface area contributed by atoms with Gasteiger partial charge in [-0.2, -0.15) is 0 Å². The summed E-state index contributed by atoms with van der Waals surface area (Å²) in [4.78, 5) is 10.4. The summed E-state index contributed by atoms with van der Waals surface area (Å²) in [6.45, 7) is 3.72. The van der Waals surface area contributed by atoms with Gasteiger partial charge >= 0.3 is 0 Å². The molecule has 1 heterocycles. The number of rotatable bonds is 5. The number of nitrogens with two attached hydrogens (primary N) is 1. The topological polar surface area (TPSA) is 64.3 Å². The van der Waals surface area contributed by atoms with E-state index in [9.17, 15) is 0 Å². The number of aromatic nitrogens is 2. The van der Waals surface area contributed by atoms with Crippen LogP contribution in [0, 0.1) is 0 Å². The summed E-state index contributed by atoms with van der Waals surface area (Å²) in [5, 5.41) is 0. The molecular weight excluding hydrogens is 240 g/mol. The van der Waals surface area contributed by atoms with E-state index in [2.05, 4.69) is 21.8 Å². The van der Waals surface area contributed by atoms with Crippen molar-refractivity contribution in [1.82, 2.24) is 9.97 Å². The molecule has 19 heavy (non-hydrogen) atoms. The first kappa shape index (κ1) is 13.1. The Labute approximate surface area is 113 Å². The van der Waals surface area contributed by atoms with Crippen molar-refractivity contribution < 1.29 is 4.74 Å². The molecule has 2 N–H and O–H groups in total. The lowest BCUT2D eigenvalue weighted by Gasteiger charge is -2.22. The molecule has 2 aromatic rings. The van der Waals surface area contributed by atoms with Crippen LogP contribution in [0.15, 0.2) is 36.7 Å². The van der Waals surface area contributed by atoms with Crippen LogP contribution < -0.4 is 15.4 Å². The maximum atomic E-state index is 5.69. The van der Waals surface area contributed by atoms with Gasteiger partial charge in [-0.15, -0.1) is 0 Å². The Morgan fingerprint density at radius 3 is 2.58 bits per heavy atom. The van der Waals surface area contributed by atoms with Crippen molar-refractivity contribution in [3.8, 4) is 5.88 Å². The monoisotopic (exact) mass is 258 g/mol. The van der Waals surface area contributed by atoms with Gasteiger partial charge in [0.2, 0.25) is 5.88 Å². The van der Waals surface area contributed by atoms with Crippen molar-refractivity contribution in [1.29, 1.82) is 0 Å². The summed E-state index contributed by atoms with van der Waals surface area (Å²) in [6, 6.07) is 9.70. The largest absolute Gasteiger partial charge is 0.481 e. The van der Waals surface area contributed by atoms with Gasteiger partial charge in [0.1, 0.15) is 12.1 Å². The van der Waals surface area contributed by atoms with Crippen LogP contribution in [0.2, 0.25) is 0 Å². The highest BCUT2D eigenvalue weighted by molar-refractivity contribution is 5.44. The number of nitrogens with zero attached hydrogens (tertiary/aromatic N) is 3. The molecule has 100 valence electrons. The standard InChI is InChI=1S/C14H18N4O/c1-3-18(9-11-4-6-12(15)7-5-11)13-8-14(19-2)17-10-16-13/h4-8,10H,3,9,15H2,1-2H3. The Balaban J connectivity index is 2.17. The minimum absolute atomic E-state index is 0.570. The summed E-state index contributed by atoms with van der Waals surface area (Å²) in [5.74, 6) is 1.42. The predicted octanol–water partition coefficient (Wildman–Crippen LogP) is 2.09. The van der Waals surface area contributed by atoms with Gasteiger partial charge in [-0.3, -0.25) is 0 Å². The lowest BCUT2D eigenvalue weighted by molar-refractivity contribution is 0.396. The zero-order valence-corrected chi connectivity index (χ0v) is 11.2. The van der Waals surface area contributed by atoms with E-state index in [0.29, 0.717) is 5.88 Å². The van der Waals surface area contributed by atoms with Gasteiger partial charge in [0.25, 0.3) is 0 Å². The molecule has 5 heteroatoms. The molecule has 0 amide bonds. The number of anilines is 2. The van der Waals surface area contributed by atoms with Crippen molar-refractivity contribution in [2.75, 3.05) is 24.3 Å². The maximum absolute atomic E-state index is 5.69. The number of hydrogen-bond donors (Lipinski definition) is 1. The molecule has 0 aliphatic carbocycles. The zero-order chi connectivity index (χ0) is 13.7. The Bertz CT molecular complexity index is 527. The SMILES string of the molecule is CCN(Cc1ccc(N)cc1)c1cc(OC)ncn1. The van der Waals surface area contributed by atoms with Crippen LogP contribution in [-0.2, 0) is 6.54 Å². The molecule has 0 spiro atoms. The highest BCUT2D eigenvalue weighted by Gasteiger charge is 2.08. The minimum atomic E-state index is 0.570. The molecule has 1 aromatic heterocycles. The Morgan fingerprint density at radius 1 is 1.21 bits per heavy atom. The van der Waals surface area contributed by atoms with Crippen LogP contribution in [0.25, 0.3) is 0 Å². The Kier molecular flexibility index (Phi) is 4.18. The number of hydrogen-bond acceptors (Lipinski definition) is 5. The van der Waals surface area contributed by atoms with E-state index in [0.717, 1.165) is 24.6 Å². The first-order chi connectivity index (χ1) is 9.22.